The molecule has 0 aliphatic carbocycles. The van der Waals surface area contributed by atoms with Crippen molar-refractivity contribution >= 4 is 22.5 Å². The van der Waals surface area contributed by atoms with Gasteiger partial charge in [-0.25, -0.2) is 0 Å². The van der Waals surface area contributed by atoms with Crippen molar-refractivity contribution in [3.05, 3.63) is 36.5 Å². The first-order valence-electron chi connectivity index (χ1n) is 6.30. The highest BCUT2D eigenvalue weighted by Gasteiger charge is 2.07. The third-order valence-corrected chi connectivity index (χ3v) is 2.86. The van der Waals surface area contributed by atoms with Gasteiger partial charge in [0.05, 0.1) is 11.2 Å². The number of anilines is 1. The Kier molecular flexibility index (Phi) is 3.92. The second-order valence-electron chi connectivity index (χ2n) is 4.86. The van der Waals surface area contributed by atoms with Gasteiger partial charge in [0.25, 0.3) is 0 Å². The van der Waals surface area contributed by atoms with E-state index in [0.717, 1.165) is 23.0 Å². The summed E-state index contributed by atoms with van der Waals surface area (Å²) in [7, 11) is 0. The number of nitrogens with zero attached hydrogens (tertiary/aromatic N) is 1. The van der Waals surface area contributed by atoms with Crippen LogP contribution in [0.4, 0.5) is 5.69 Å². The second kappa shape index (κ2) is 5.63. The van der Waals surface area contributed by atoms with Crippen LogP contribution in [-0.2, 0) is 4.79 Å². The van der Waals surface area contributed by atoms with Crippen LogP contribution in [0.3, 0.4) is 0 Å². The smallest absolute Gasteiger partial charge is 0.224 e. The predicted molar refractivity (Wildman–Crippen MR) is 74.4 cm³/mol. The molecule has 0 atom stereocenters. The van der Waals surface area contributed by atoms with E-state index < -0.39 is 0 Å². The van der Waals surface area contributed by atoms with Crippen LogP contribution in [0.25, 0.3) is 10.9 Å². The van der Waals surface area contributed by atoms with Gasteiger partial charge in [0, 0.05) is 18.0 Å². The molecule has 0 spiro atoms. The zero-order valence-corrected chi connectivity index (χ0v) is 10.8. The molecular formula is C15H18N2O. The van der Waals surface area contributed by atoms with Crippen molar-refractivity contribution in [1.82, 2.24) is 4.98 Å². The molecule has 0 saturated carbocycles. The van der Waals surface area contributed by atoms with Crippen LogP contribution < -0.4 is 5.32 Å². The minimum absolute atomic E-state index is 0.0573. The number of hydrogen-bond acceptors (Lipinski definition) is 2. The quantitative estimate of drug-likeness (QED) is 0.889. The standard InChI is InChI=1S/C15H18N2O/c1-11(2)8-9-14(18)17-13-7-3-5-12-6-4-10-16-15(12)13/h3-7,10-11H,8-9H2,1-2H3,(H,17,18). The number of carbonyl (C=O) groups excluding carboxylic acids is 1. The Bertz CT molecular complexity index is 544. The maximum absolute atomic E-state index is 11.8. The molecule has 2 aromatic rings. The van der Waals surface area contributed by atoms with E-state index in [0.29, 0.717) is 12.3 Å². The van der Waals surface area contributed by atoms with E-state index in [1.807, 2.05) is 30.3 Å². The Morgan fingerprint density at radius 3 is 2.83 bits per heavy atom. The third kappa shape index (κ3) is 3.06. The molecule has 0 fully saturated rings. The summed E-state index contributed by atoms with van der Waals surface area (Å²) in [6, 6.07) is 9.70. The lowest BCUT2D eigenvalue weighted by molar-refractivity contribution is -0.116. The number of pyridine rings is 1. The molecule has 0 radical (unpaired) electrons. The Morgan fingerprint density at radius 1 is 1.28 bits per heavy atom. The van der Waals surface area contributed by atoms with Crippen LogP contribution in [0.2, 0.25) is 0 Å². The SMILES string of the molecule is CC(C)CCC(=O)Nc1cccc2cccnc12. The van der Waals surface area contributed by atoms with Gasteiger partial charge in [0.2, 0.25) is 5.91 Å². The lowest BCUT2D eigenvalue weighted by Crippen LogP contribution is -2.12. The molecule has 94 valence electrons. The van der Waals surface area contributed by atoms with Gasteiger partial charge in [-0.05, 0) is 24.5 Å². The maximum Gasteiger partial charge on any atom is 0.224 e. The summed E-state index contributed by atoms with van der Waals surface area (Å²) in [4.78, 5) is 16.1. The predicted octanol–water partition coefficient (Wildman–Crippen LogP) is 3.61. The van der Waals surface area contributed by atoms with Crippen LogP contribution in [0, 0.1) is 5.92 Å². The maximum atomic E-state index is 11.8. The molecule has 0 saturated heterocycles. The number of hydrogen-bond donors (Lipinski definition) is 1. The minimum atomic E-state index is 0.0573. The monoisotopic (exact) mass is 242 g/mol. The van der Waals surface area contributed by atoms with E-state index >= 15 is 0 Å². The van der Waals surface area contributed by atoms with Crippen molar-refractivity contribution in [1.29, 1.82) is 0 Å². The lowest BCUT2D eigenvalue weighted by Gasteiger charge is -2.08. The van der Waals surface area contributed by atoms with Crippen LogP contribution in [0.5, 0.6) is 0 Å². The Hall–Kier alpha value is -1.90. The number of carbonyl (C=O) groups is 1. The highest BCUT2D eigenvalue weighted by Crippen LogP contribution is 2.20. The lowest BCUT2D eigenvalue weighted by atomic mass is 10.1. The number of nitrogens with one attached hydrogen (secondary N) is 1. The summed E-state index contributed by atoms with van der Waals surface area (Å²) in [5.74, 6) is 0.600. The molecule has 3 nitrogen and oxygen atoms in total. The fourth-order valence-electron chi connectivity index (χ4n) is 1.84. The molecule has 0 aliphatic rings. The van der Waals surface area contributed by atoms with E-state index in [9.17, 15) is 4.79 Å². The number of rotatable bonds is 4. The first-order valence-corrected chi connectivity index (χ1v) is 6.30. The van der Waals surface area contributed by atoms with Crippen molar-refractivity contribution in [2.75, 3.05) is 5.32 Å². The highest BCUT2D eigenvalue weighted by molar-refractivity contribution is 6.00. The molecule has 18 heavy (non-hydrogen) atoms. The molecule has 0 bridgehead atoms. The molecule has 1 N–H and O–H groups in total. The van der Waals surface area contributed by atoms with Crippen molar-refractivity contribution < 1.29 is 4.79 Å². The molecule has 1 aromatic heterocycles. The van der Waals surface area contributed by atoms with Gasteiger partial charge in [0.1, 0.15) is 0 Å². The van der Waals surface area contributed by atoms with E-state index in [4.69, 9.17) is 0 Å². The van der Waals surface area contributed by atoms with Gasteiger partial charge in [-0.15, -0.1) is 0 Å². The fourth-order valence-corrected chi connectivity index (χ4v) is 1.84. The molecule has 1 amide bonds. The minimum Gasteiger partial charge on any atom is -0.324 e. The molecular weight excluding hydrogens is 224 g/mol. The first-order chi connectivity index (χ1) is 8.66. The summed E-state index contributed by atoms with van der Waals surface area (Å²) >= 11 is 0. The van der Waals surface area contributed by atoms with Crippen LogP contribution in [0.15, 0.2) is 36.5 Å². The van der Waals surface area contributed by atoms with Gasteiger partial charge < -0.3 is 5.32 Å². The molecule has 0 unspecified atom stereocenters. The van der Waals surface area contributed by atoms with Crippen LogP contribution in [-0.4, -0.2) is 10.9 Å². The van der Waals surface area contributed by atoms with Gasteiger partial charge in [-0.2, -0.15) is 0 Å². The molecule has 3 heteroatoms. The summed E-state index contributed by atoms with van der Waals surface area (Å²) in [6.07, 6.45) is 3.21. The Morgan fingerprint density at radius 2 is 2.06 bits per heavy atom. The molecule has 2 rings (SSSR count). The fraction of sp³-hybridized carbons (Fsp3) is 0.333. The van der Waals surface area contributed by atoms with E-state index in [2.05, 4.69) is 24.1 Å². The average Bonchev–Trinajstić information content (AvgIpc) is 2.37. The average molecular weight is 242 g/mol. The first kappa shape index (κ1) is 12.6. The summed E-state index contributed by atoms with van der Waals surface area (Å²) in [5.41, 5.74) is 1.64. The molecule has 1 heterocycles. The van der Waals surface area contributed by atoms with E-state index in [-0.39, 0.29) is 5.91 Å². The number of fused-ring (bicyclic) bond motifs is 1. The summed E-state index contributed by atoms with van der Waals surface area (Å²) in [6.45, 7) is 4.24. The van der Waals surface area contributed by atoms with E-state index in [1.54, 1.807) is 6.20 Å². The van der Waals surface area contributed by atoms with E-state index in [1.165, 1.54) is 0 Å². The molecule has 0 aliphatic heterocycles. The molecule has 1 aromatic carbocycles. The van der Waals surface area contributed by atoms with Gasteiger partial charge in [-0.3, -0.25) is 9.78 Å². The summed E-state index contributed by atoms with van der Waals surface area (Å²) in [5, 5.41) is 3.98. The summed E-state index contributed by atoms with van der Waals surface area (Å²) < 4.78 is 0. The van der Waals surface area contributed by atoms with Gasteiger partial charge >= 0.3 is 0 Å². The Labute approximate surface area is 107 Å². The topological polar surface area (TPSA) is 42.0 Å². The van der Waals surface area contributed by atoms with Gasteiger partial charge in [-0.1, -0.05) is 32.0 Å². The van der Waals surface area contributed by atoms with Crippen LogP contribution in [0.1, 0.15) is 26.7 Å². The second-order valence-corrected chi connectivity index (χ2v) is 4.86. The van der Waals surface area contributed by atoms with Crippen LogP contribution >= 0.6 is 0 Å². The van der Waals surface area contributed by atoms with Crippen molar-refractivity contribution in [2.45, 2.75) is 26.7 Å². The zero-order valence-electron chi connectivity index (χ0n) is 10.8. The largest absolute Gasteiger partial charge is 0.324 e. The van der Waals surface area contributed by atoms with Crippen molar-refractivity contribution in [3.8, 4) is 0 Å². The number of amides is 1. The third-order valence-electron chi connectivity index (χ3n) is 2.86. The Balaban J connectivity index is 2.14. The highest BCUT2D eigenvalue weighted by atomic mass is 16.1. The van der Waals surface area contributed by atoms with Gasteiger partial charge in [0.15, 0.2) is 0 Å². The van der Waals surface area contributed by atoms with Crippen molar-refractivity contribution in [3.63, 3.8) is 0 Å². The zero-order chi connectivity index (χ0) is 13.0. The number of benzene rings is 1. The number of para-hydroxylation sites is 1. The van der Waals surface area contributed by atoms with Crippen molar-refractivity contribution in [2.24, 2.45) is 5.92 Å². The number of aromatic nitrogens is 1. The normalized spacial score (nSPS) is 10.8.